The summed E-state index contributed by atoms with van der Waals surface area (Å²) in [4.78, 5) is 0. The van der Waals surface area contributed by atoms with Crippen molar-refractivity contribution in [1.82, 2.24) is 4.72 Å². The second kappa shape index (κ2) is 4.58. The molecule has 4 N–H and O–H groups in total. The summed E-state index contributed by atoms with van der Waals surface area (Å²) in [6, 6.07) is 0. The highest BCUT2D eigenvalue weighted by molar-refractivity contribution is 7.90. The summed E-state index contributed by atoms with van der Waals surface area (Å²) < 4.78 is 25.4. The van der Waals surface area contributed by atoms with E-state index in [2.05, 4.69) is 9.88 Å². The monoisotopic (exact) mass is 251 g/mol. The average Bonchev–Trinajstić information content (AvgIpc) is 2.13. The van der Waals surface area contributed by atoms with Crippen molar-refractivity contribution in [2.45, 2.75) is 51.3 Å². The van der Waals surface area contributed by atoms with Gasteiger partial charge in [-0.05, 0) is 34.1 Å². The Morgan fingerprint density at radius 1 is 1.38 bits per heavy atom. The van der Waals surface area contributed by atoms with Crippen molar-refractivity contribution in [3.05, 3.63) is 0 Å². The largest absolute Gasteiger partial charge is 0.409 e. The summed E-state index contributed by atoms with van der Waals surface area (Å²) in [7, 11) is -3.54. The molecule has 0 aromatic rings. The number of nitrogens with one attached hydrogen (secondary N) is 1. The molecule has 0 heterocycles. The van der Waals surface area contributed by atoms with Crippen LogP contribution in [0.3, 0.4) is 0 Å². The van der Waals surface area contributed by atoms with Crippen LogP contribution in [0.15, 0.2) is 5.16 Å². The van der Waals surface area contributed by atoms with E-state index in [1.54, 1.807) is 34.6 Å². The molecule has 1 unspecified atom stereocenters. The molecule has 1 atom stereocenters. The molecular weight excluding hydrogens is 230 g/mol. The van der Waals surface area contributed by atoms with E-state index in [1.807, 2.05) is 0 Å². The molecule has 96 valence electrons. The fraction of sp³-hybridized carbons (Fsp3) is 0.889. The number of oxime groups is 1. The first-order valence-corrected chi connectivity index (χ1v) is 6.50. The van der Waals surface area contributed by atoms with Gasteiger partial charge >= 0.3 is 0 Å². The van der Waals surface area contributed by atoms with Crippen molar-refractivity contribution in [2.75, 3.05) is 0 Å². The lowest BCUT2D eigenvalue weighted by atomic mass is 10.00. The molecule has 0 bridgehead atoms. The van der Waals surface area contributed by atoms with Gasteiger partial charge in [-0.15, -0.1) is 0 Å². The minimum atomic E-state index is -3.54. The zero-order valence-electron chi connectivity index (χ0n) is 10.4. The van der Waals surface area contributed by atoms with Crippen LogP contribution in [0.25, 0.3) is 0 Å². The second-order valence-corrected chi connectivity index (χ2v) is 7.32. The predicted octanol–water partition coefficient (Wildman–Crippen LogP) is 0.619. The minimum absolute atomic E-state index is 0.150. The number of sulfonamides is 1. The van der Waals surface area contributed by atoms with Gasteiger partial charge in [0.1, 0.15) is 0 Å². The Balaban J connectivity index is 5.25. The molecule has 0 saturated carbocycles. The first-order valence-electron chi connectivity index (χ1n) is 5.01. The van der Waals surface area contributed by atoms with Crippen molar-refractivity contribution in [3.63, 3.8) is 0 Å². The van der Waals surface area contributed by atoms with E-state index in [0.717, 1.165) is 0 Å². The van der Waals surface area contributed by atoms with Gasteiger partial charge in [0.05, 0.1) is 10.3 Å². The molecule has 0 amide bonds. The number of hydrogen-bond acceptors (Lipinski definition) is 4. The molecule has 0 aromatic heterocycles. The van der Waals surface area contributed by atoms with Crippen LogP contribution in [0.5, 0.6) is 0 Å². The molecule has 0 radical (unpaired) electrons. The van der Waals surface area contributed by atoms with Crippen LogP contribution < -0.4 is 10.5 Å². The lowest BCUT2D eigenvalue weighted by Crippen LogP contribution is -2.58. The molecule has 16 heavy (non-hydrogen) atoms. The predicted molar refractivity (Wildman–Crippen MR) is 63.9 cm³/mol. The Morgan fingerprint density at radius 2 is 1.81 bits per heavy atom. The number of hydrogen-bond donors (Lipinski definition) is 3. The van der Waals surface area contributed by atoms with Crippen LogP contribution in [0.4, 0.5) is 0 Å². The highest BCUT2D eigenvalue weighted by atomic mass is 32.2. The van der Waals surface area contributed by atoms with Crippen LogP contribution >= 0.6 is 0 Å². The Morgan fingerprint density at radius 3 is 2.06 bits per heavy atom. The van der Waals surface area contributed by atoms with E-state index >= 15 is 0 Å². The Hall–Kier alpha value is -0.820. The zero-order valence-corrected chi connectivity index (χ0v) is 11.2. The SMILES string of the molecule is CCC(C)(NS(=O)(=O)C(C)(C)C)C(N)=NO. The molecular formula is C9H21N3O3S. The van der Waals surface area contributed by atoms with Crippen molar-refractivity contribution in [1.29, 1.82) is 0 Å². The van der Waals surface area contributed by atoms with Gasteiger partial charge in [0.2, 0.25) is 10.0 Å². The van der Waals surface area contributed by atoms with Crippen LogP contribution in [0.1, 0.15) is 41.0 Å². The third-order valence-corrected chi connectivity index (χ3v) is 4.88. The van der Waals surface area contributed by atoms with Gasteiger partial charge in [0, 0.05) is 0 Å². The highest BCUT2D eigenvalue weighted by Crippen LogP contribution is 2.19. The Labute approximate surface area is 97.0 Å². The fourth-order valence-corrected chi connectivity index (χ4v) is 2.01. The fourth-order valence-electron chi connectivity index (χ4n) is 0.866. The Kier molecular flexibility index (Phi) is 4.35. The van der Waals surface area contributed by atoms with Gasteiger partial charge in [-0.25, -0.2) is 13.1 Å². The molecule has 0 aromatic carbocycles. The molecule has 7 heteroatoms. The van der Waals surface area contributed by atoms with Crippen molar-refractivity contribution in [2.24, 2.45) is 10.9 Å². The van der Waals surface area contributed by atoms with E-state index in [-0.39, 0.29) is 5.84 Å². The third-order valence-electron chi connectivity index (χ3n) is 2.55. The van der Waals surface area contributed by atoms with Gasteiger partial charge in [-0.2, -0.15) is 0 Å². The van der Waals surface area contributed by atoms with Gasteiger partial charge in [0.15, 0.2) is 5.84 Å². The summed E-state index contributed by atoms with van der Waals surface area (Å²) in [5.41, 5.74) is 4.42. The molecule has 0 saturated heterocycles. The molecule has 0 rings (SSSR count). The minimum Gasteiger partial charge on any atom is -0.409 e. The third kappa shape index (κ3) is 3.08. The lowest BCUT2D eigenvalue weighted by Gasteiger charge is -2.31. The van der Waals surface area contributed by atoms with E-state index < -0.39 is 20.3 Å². The maximum Gasteiger partial charge on any atom is 0.217 e. The number of nitrogens with zero attached hydrogens (tertiary/aromatic N) is 1. The summed E-state index contributed by atoms with van der Waals surface area (Å²) >= 11 is 0. The quantitative estimate of drug-likeness (QED) is 0.295. The van der Waals surface area contributed by atoms with Crippen LogP contribution in [0.2, 0.25) is 0 Å². The van der Waals surface area contributed by atoms with Crippen LogP contribution in [-0.4, -0.2) is 29.7 Å². The highest BCUT2D eigenvalue weighted by Gasteiger charge is 2.38. The van der Waals surface area contributed by atoms with E-state index in [9.17, 15) is 8.42 Å². The zero-order chi connectivity index (χ0) is 13.2. The van der Waals surface area contributed by atoms with E-state index in [0.29, 0.717) is 6.42 Å². The number of amidine groups is 1. The summed E-state index contributed by atoms with van der Waals surface area (Å²) in [5.74, 6) is -0.150. The van der Waals surface area contributed by atoms with Crippen molar-refractivity contribution < 1.29 is 13.6 Å². The molecule has 6 nitrogen and oxygen atoms in total. The molecule has 0 fully saturated rings. The number of nitrogens with two attached hydrogens (primary N) is 1. The summed E-state index contributed by atoms with van der Waals surface area (Å²) in [5, 5.41) is 11.5. The molecule has 0 aliphatic carbocycles. The van der Waals surface area contributed by atoms with Gasteiger partial charge in [-0.3, -0.25) is 0 Å². The average molecular weight is 251 g/mol. The maximum atomic E-state index is 11.9. The first-order chi connectivity index (χ1) is 7.00. The maximum absolute atomic E-state index is 11.9. The van der Waals surface area contributed by atoms with Crippen molar-refractivity contribution in [3.8, 4) is 0 Å². The van der Waals surface area contributed by atoms with Gasteiger partial charge in [-0.1, -0.05) is 12.1 Å². The van der Waals surface area contributed by atoms with Gasteiger partial charge < -0.3 is 10.9 Å². The normalized spacial score (nSPS) is 18.2. The topological polar surface area (TPSA) is 105 Å². The standard InChI is InChI=1S/C9H21N3O3S/c1-6-9(5,7(10)11-13)12-16(14,15)8(2,3)4/h12-13H,6H2,1-5H3,(H2,10,11). The summed E-state index contributed by atoms with van der Waals surface area (Å²) in [6.07, 6.45) is 0.387. The van der Waals surface area contributed by atoms with E-state index in [1.165, 1.54) is 0 Å². The first kappa shape index (κ1) is 15.2. The molecule has 0 spiro atoms. The summed E-state index contributed by atoms with van der Waals surface area (Å²) in [6.45, 7) is 8.07. The number of rotatable bonds is 4. The van der Waals surface area contributed by atoms with Crippen molar-refractivity contribution >= 4 is 15.9 Å². The van der Waals surface area contributed by atoms with E-state index in [4.69, 9.17) is 10.9 Å². The second-order valence-electron chi connectivity index (χ2n) is 4.89. The smallest absolute Gasteiger partial charge is 0.217 e. The van der Waals surface area contributed by atoms with Gasteiger partial charge in [0.25, 0.3) is 0 Å². The molecule has 0 aliphatic rings. The van der Waals surface area contributed by atoms with Crippen LogP contribution in [-0.2, 0) is 10.0 Å². The Bertz CT molecular complexity index is 370. The lowest BCUT2D eigenvalue weighted by molar-refractivity contribution is 0.310. The molecule has 0 aliphatic heterocycles. The van der Waals surface area contributed by atoms with Crippen LogP contribution in [0, 0.1) is 0 Å².